The van der Waals surface area contributed by atoms with Crippen LogP contribution in [0.1, 0.15) is 88.3 Å². The molecule has 0 radical (unpaired) electrons. The van der Waals surface area contributed by atoms with Crippen molar-refractivity contribution in [2.45, 2.75) is 76.4 Å². The van der Waals surface area contributed by atoms with Crippen molar-refractivity contribution in [3.8, 4) is 0 Å². The molecule has 2 aromatic carbocycles. The van der Waals surface area contributed by atoms with Gasteiger partial charge in [0.15, 0.2) is 0 Å². The monoisotopic (exact) mass is 778 g/mol. The first-order chi connectivity index (χ1) is 26.0. The van der Waals surface area contributed by atoms with Crippen molar-refractivity contribution in [3.63, 3.8) is 0 Å². The number of carboxylic acid groups (broad SMARTS) is 1. The average molecular weight is 779 g/mol. The zero-order chi connectivity index (χ0) is 39.3. The Hall–Kier alpha value is -4.47. The lowest BCUT2D eigenvalue weighted by Crippen LogP contribution is -2.68. The highest BCUT2D eigenvalue weighted by atomic mass is 19.4. The lowest BCUT2D eigenvalue weighted by Gasteiger charge is -2.55. The van der Waals surface area contributed by atoms with E-state index in [1.54, 1.807) is 41.4 Å². The van der Waals surface area contributed by atoms with Crippen LogP contribution in [0.4, 0.5) is 30.7 Å². The Morgan fingerprint density at radius 3 is 2.18 bits per heavy atom. The molecule has 296 valence electrons. The van der Waals surface area contributed by atoms with Crippen LogP contribution in [0.15, 0.2) is 54.9 Å². The van der Waals surface area contributed by atoms with Gasteiger partial charge in [0.2, 0.25) is 5.91 Å². The fourth-order valence-corrected chi connectivity index (χ4v) is 8.99. The predicted octanol–water partition coefficient (Wildman–Crippen LogP) is 7.45. The van der Waals surface area contributed by atoms with Crippen LogP contribution in [-0.4, -0.2) is 87.6 Å². The van der Waals surface area contributed by atoms with Crippen molar-refractivity contribution < 1.29 is 55.0 Å². The van der Waals surface area contributed by atoms with E-state index in [1.807, 2.05) is 0 Å². The molecule has 3 aromatic rings. The highest BCUT2D eigenvalue weighted by molar-refractivity contribution is 5.94. The summed E-state index contributed by atoms with van der Waals surface area (Å²) in [7, 11) is 0. The number of carbonyl (C=O) groups is 3. The molecule has 2 aliphatic heterocycles. The molecule has 0 bridgehead atoms. The molecular formula is C39H41F7N4O5. The Bertz CT molecular complexity index is 1910. The Kier molecular flexibility index (Phi) is 10.3. The van der Waals surface area contributed by atoms with E-state index in [4.69, 9.17) is 4.74 Å². The summed E-state index contributed by atoms with van der Waals surface area (Å²) >= 11 is 0. The standard InChI is InChI=1S/C39H41F7N4O5/c40-30-11-5-24(6-12-30)16-50-17-27(15-47-50)33(51)48-18-29(36(21-48)22-49(23-36)35(54)37(13-2-14-37)39(44,45)46)20-55-19-26-3-1-4-31(32(26)34(52)53)25-7-9-28(10-8-25)38(41,42)43/h1,3-6,11-12,15,17,25,28-29H,2,7-10,13-14,16,18-23H2,(H,52,53)/t25?,28?,29-/m0/s1. The van der Waals surface area contributed by atoms with E-state index in [0.29, 0.717) is 17.5 Å². The Morgan fingerprint density at radius 1 is 0.909 bits per heavy atom. The topological polar surface area (TPSA) is 105 Å². The van der Waals surface area contributed by atoms with Crippen LogP contribution in [0.2, 0.25) is 0 Å². The highest BCUT2D eigenvalue weighted by Gasteiger charge is 2.67. The van der Waals surface area contributed by atoms with Crippen molar-refractivity contribution in [2.75, 3.05) is 32.8 Å². The number of aromatic carboxylic acids is 1. The van der Waals surface area contributed by atoms with Crippen LogP contribution >= 0.6 is 0 Å². The summed E-state index contributed by atoms with van der Waals surface area (Å²) in [5.41, 5.74) is -1.40. The molecule has 2 saturated heterocycles. The van der Waals surface area contributed by atoms with Gasteiger partial charge in [0.25, 0.3) is 5.91 Å². The van der Waals surface area contributed by atoms with Crippen LogP contribution in [0, 0.1) is 28.5 Å². The number of halogens is 7. The van der Waals surface area contributed by atoms with Crippen LogP contribution < -0.4 is 0 Å². The molecular weight excluding hydrogens is 737 g/mol. The van der Waals surface area contributed by atoms with Gasteiger partial charge < -0.3 is 19.6 Å². The quantitative estimate of drug-likeness (QED) is 0.215. The first-order valence-corrected chi connectivity index (χ1v) is 18.4. The van der Waals surface area contributed by atoms with Crippen molar-refractivity contribution in [1.82, 2.24) is 19.6 Å². The summed E-state index contributed by atoms with van der Waals surface area (Å²) in [6.07, 6.45) is -6.07. The minimum Gasteiger partial charge on any atom is -0.478 e. The van der Waals surface area contributed by atoms with Gasteiger partial charge in [-0.15, -0.1) is 0 Å². The Labute approximate surface area is 312 Å². The predicted molar refractivity (Wildman–Crippen MR) is 182 cm³/mol. The van der Waals surface area contributed by atoms with Crippen molar-refractivity contribution >= 4 is 17.8 Å². The maximum absolute atomic E-state index is 14.1. The smallest absolute Gasteiger partial charge is 0.403 e. The molecule has 1 N–H and O–H groups in total. The van der Waals surface area contributed by atoms with E-state index in [2.05, 4.69) is 5.10 Å². The molecule has 7 rings (SSSR count). The zero-order valence-corrected chi connectivity index (χ0v) is 29.8. The molecule has 2 amide bonds. The van der Waals surface area contributed by atoms with Crippen molar-refractivity contribution in [1.29, 1.82) is 0 Å². The maximum Gasteiger partial charge on any atom is 0.403 e. The molecule has 1 atom stereocenters. The van der Waals surface area contributed by atoms with Gasteiger partial charge in [-0.2, -0.15) is 31.4 Å². The largest absolute Gasteiger partial charge is 0.478 e. The van der Waals surface area contributed by atoms with E-state index in [-0.39, 0.29) is 113 Å². The van der Waals surface area contributed by atoms with Crippen molar-refractivity contribution in [2.24, 2.45) is 22.7 Å². The third kappa shape index (κ3) is 7.45. The first-order valence-electron chi connectivity index (χ1n) is 18.4. The molecule has 9 nitrogen and oxygen atoms in total. The van der Waals surface area contributed by atoms with Gasteiger partial charge in [-0.3, -0.25) is 14.3 Å². The number of aromatic nitrogens is 2. The number of likely N-dealkylation sites (tertiary alicyclic amines) is 2. The minimum absolute atomic E-state index is 0.0000305. The normalized spacial score (nSPS) is 23.4. The van der Waals surface area contributed by atoms with E-state index in [0.717, 1.165) is 5.56 Å². The third-order valence-corrected chi connectivity index (χ3v) is 12.3. The molecule has 3 heterocycles. The summed E-state index contributed by atoms with van der Waals surface area (Å²) in [5, 5.41) is 14.5. The van der Waals surface area contributed by atoms with Crippen LogP contribution in [0.5, 0.6) is 0 Å². The third-order valence-electron chi connectivity index (χ3n) is 12.3. The second-order valence-corrected chi connectivity index (χ2v) is 15.7. The lowest BCUT2D eigenvalue weighted by atomic mass is 9.64. The number of amides is 2. The summed E-state index contributed by atoms with van der Waals surface area (Å²) in [6.45, 7) is 0.388. The zero-order valence-electron chi connectivity index (χ0n) is 29.8. The summed E-state index contributed by atoms with van der Waals surface area (Å²) < 4.78 is 103. The number of carboxylic acids is 1. The average Bonchev–Trinajstić information content (AvgIpc) is 3.72. The van der Waals surface area contributed by atoms with Crippen LogP contribution in [0.25, 0.3) is 0 Å². The molecule has 0 unspecified atom stereocenters. The number of carbonyl (C=O) groups excluding carboxylic acids is 2. The Balaban J connectivity index is 1.06. The highest BCUT2D eigenvalue weighted by Crippen LogP contribution is 2.56. The number of benzene rings is 2. The molecule has 16 heteroatoms. The second kappa shape index (κ2) is 14.6. The van der Waals surface area contributed by atoms with E-state index in [1.165, 1.54) is 27.9 Å². The second-order valence-electron chi connectivity index (χ2n) is 15.7. The van der Waals surface area contributed by atoms with Crippen molar-refractivity contribution in [3.05, 3.63) is 88.5 Å². The first kappa shape index (κ1) is 38.8. The van der Waals surface area contributed by atoms with Gasteiger partial charge in [-0.05, 0) is 73.3 Å². The van der Waals surface area contributed by atoms with Gasteiger partial charge in [0, 0.05) is 43.7 Å². The van der Waals surface area contributed by atoms with Gasteiger partial charge in [-0.25, -0.2) is 9.18 Å². The molecule has 4 aliphatic rings. The number of ether oxygens (including phenoxy) is 1. The van der Waals surface area contributed by atoms with E-state index >= 15 is 0 Å². The van der Waals surface area contributed by atoms with Gasteiger partial charge in [0.1, 0.15) is 11.2 Å². The molecule has 2 saturated carbocycles. The number of hydrogen-bond donors (Lipinski definition) is 1. The fourth-order valence-electron chi connectivity index (χ4n) is 8.99. The summed E-state index contributed by atoms with van der Waals surface area (Å²) in [4.78, 5) is 42.4. The molecule has 1 spiro atoms. The number of rotatable bonds is 10. The summed E-state index contributed by atoms with van der Waals surface area (Å²) in [5.74, 6) is -5.16. The minimum atomic E-state index is -4.69. The van der Waals surface area contributed by atoms with Crippen LogP contribution in [0.3, 0.4) is 0 Å². The lowest BCUT2D eigenvalue weighted by molar-refractivity contribution is -0.253. The molecule has 55 heavy (non-hydrogen) atoms. The van der Waals surface area contributed by atoms with Gasteiger partial charge >= 0.3 is 18.3 Å². The summed E-state index contributed by atoms with van der Waals surface area (Å²) in [6, 6.07) is 10.7. The molecule has 4 fully saturated rings. The SMILES string of the molecule is O=C(O)c1c(COC[C@@H]2CN(C(=O)c3cnn(Cc4ccc(F)cc4)c3)CC23CN(C(=O)C2(C(F)(F)F)CCC2)C3)cccc1C1CCC(C(F)(F)F)CC1. The number of hydrogen-bond acceptors (Lipinski definition) is 5. The fraction of sp³-hybridized carbons (Fsp3) is 0.538. The number of nitrogens with zero attached hydrogens (tertiary/aromatic N) is 4. The van der Waals surface area contributed by atoms with E-state index < -0.39 is 46.9 Å². The van der Waals surface area contributed by atoms with Gasteiger partial charge in [-0.1, -0.05) is 36.8 Å². The van der Waals surface area contributed by atoms with Gasteiger partial charge in [0.05, 0.1) is 43.0 Å². The Morgan fingerprint density at radius 2 is 1.58 bits per heavy atom. The maximum atomic E-state index is 14.1. The van der Waals surface area contributed by atoms with E-state index in [9.17, 15) is 50.2 Å². The number of alkyl halides is 6. The molecule has 1 aromatic heterocycles. The molecule has 2 aliphatic carbocycles. The van der Waals surface area contributed by atoms with Crippen LogP contribution in [-0.2, 0) is 22.7 Å².